The lowest BCUT2D eigenvalue weighted by molar-refractivity contribution is 1.18. The standard InChI is InChI=1S/C45H25N5/c46-26-29-14-22-45(50-42-11-5-1-7-36(42)37-8-2-6-12-43(37)50)39(23-29)35-20-17-32(25-33(35)28-48)31-15-18-34(19-16-31)49-41-10-4-3-9-38(41)40-24-30(27-47)13-21-44(40)49/h1-25H. The highest BCUT2D eigenvalue weighted by atomic mass is 15.0. The predicted octanol–water partition coefficient (Wildman–Crippen LogP) is 10.8. The lowest BCUT2D eigenvalue weighted by Gasteiger charge is -2.16. The number of hydrogen-bond acceptors (Lipinski definition) is 3. The topological polar surface area (TPSA) is 81.2 Å². The molecule has 2 aromatic heterocycles. The van der Waals surface area contributed by atoms with E-state index in [1.54, 1.807) is 0 Å². The summed E-state index contributed by atoms with van der Waals surface area (Å²) in [7, 11) is 0. The van der Waals surface area contributed by atoms with Crippen LogP contribution < -0.4 is 0 Å². The molecule has 0 atom stereocenters. The van der Waals surface area contributed by atoms with Gasteiger partial charge in [-0.25, -0.2) is 0 Å². The second-order valence-corrected chi connectivity index (χ2v) is 12.3. The summed E-state index contributed by atoms with van der Waals surface area (Å²) in [6, 6.07) is 57.7. The zero-order valence-corrected chi connectivity index (χ0v) is 26.7. The first kappa shape index (κ1) is 28.8. The van der Waals surface area contributed by atoms with Crippen molar-refractivity contribution in [3.63, 3.8) is 0 Å². The van der Waals surface area contributed by atoms with Crippen molar-refractivity contribution >= 4 is 43.6 Å². The van der Waals surface area contributed by atoms with E-state index in [9.17, 15) is 15.8 Å². The average Bonchev–Trinajstić information content (AvgIpc) is 3.70. The van der Waals surface area contributed by atoms with Crippen LogP contribution in [0.25, 0.3) is 77.2 Å². The highest BCUT2D eigenvalue weighted by molar-refractivity contribution is 6.10. The summed E-state index contributed by atoms with van der Waals surface area (Å²) in [5, 5.41) is 34.3. The van der Waals surface area contributed by atoms with Gasteiger partial charge in [0.25, 0.3) is 0 Å². The molecule has 50 heavy (non-hydrogen) atoms. The molecule has 0 saturated heterocycles. The van der Waals surface area contributed by atoms with Gasteiger partial charge >= 0.3 is 0 Å². The van der Waals surface area contributed by atoms with Gasteiger partial charge in [0.05, 0.1) is 62.7 Å². The summed E-state index contributed by atoms with van der Waals surface area (Å²) >= 11 is 0. The SMILES string of the molecule is N#Cc1ccc(-n2c3ccccc3c3ccccc32)c(-c2ccc(-c3ccc(-n4c5ccccc5c5cc(C#N)ccc54)cc3)cc2C#N)c1. The van der Waals surface area contributed by atoms with E-state index >= 15 is 0 Å². The monoisotopic (exact) mass is 635 g/mol. The Morgan fingerprint density at radius 3 is 1.56 bits per heavy atom. The van der Waals surface area contributed by atoms with E-state index in [0.717, 1.165) is 77.2 Å². The van der Waals surface area contributed by atoms with E-state index in [0.29, 0.717) is 16.7 Å². The minimum Gasteiger partial charge on any atom is -0.309 e. The molecule has 0 radical (unpaired) electrons. The molecular formula is C45H25N5. The van der Waals surface area contributed by atoms with Crippen molar-refractivity contribution < 1.29 is 0 Å². The molecule has 9 aromatic rings. The van der Waals surface area contributed by atoms with Crippen LogP contribution in [-0.4, -0.2) is 9.13 Å². The Bertz CT molecular complexity index is 2900. The van der Waals surface area contributed by atoms with Crippen LogP contribution >= 0.6 is 0 Å². The van der Waals surface area contributed by atoms with Crippen LogP contribution in [0.4, 0.5) is 0 Å². The maximum atomic E-state index is 10.5. The molecule has 0 bridgehead atoms. The molecule has 2 heterocycles. The first-order chi connectivity index (χ1) is 24.7. The molecule has 0 aliphatic carbocycles. The summed E-state index contributed by atoms with van der Waals surface area (Å²) in [5.41, 5.74) is 11.3. The zero-order chi connectivity index (χ0) is 33.8. The first-order valence-corrected chi connectivity index (χ1v) is 16.3. The quantitative estimate of drug-likeness (QED) is 0.193. The summed E-state index contributed by atoms with van der Waals surface area (Å²) < 4.78 is 4.45. The van der Waals surface area contributed by atoms with Crippen LogP contribution in [0.2, 0.25) is 0 Å². The number of fused-ring (bicyclic) bond motifs is 6. The van der Waals surface area contributed by atoms with E-state index in [1.807, 2.05) is 91.0 Å². The molecule has 9 rings (SSSR count). The molecular weight excluding hydrogens is 611 g/mol. The molecule has 230 valence electrons. The second kappa shape index (κ2) is 11.4. The lowest BCUT2D eigenvalue weighted by atomic mass is 9.93. The fourth-order valence-corrected chi connectivity index (χ4v) is 7.37. The molecule has 0 aliphatic rings. The summed E-state index contributed by atoms with van der Waals surface area (Å²) in [6.45, 7) is 0. The van der Waals surface area contributed by atoms with Crippen molar-refractivity contribution in [2.24, 2.45) is 0 Å². The Labute approximate surface area is 287 Å². The second-order valence-electron chi connectivity index (χ2n) is 12.3. The van der Waals surface area contributed by atoms with E-state index in [2.05, 4.69) is 88.0 Å². The third-order valence-electron chi connectivity index (χ3n) is 9.64. The maximum absolute atomic E-state index is 10.5. The Balaban J connectivity index is 1.16. The smallest absolute Gasteiger partial charge is 0.0998 e. The van der Waals surface area contributed by atoms with Gasteiger partial charge in [-0.15, -0.1) is 0 Å². The molecule has 0 N–H and O–H groups in total. The molecule has 0 saturated carbocycles. The first-order valence-electron chi connectivity index (χ1n) is 16.3. The lowest BCUT2D eigenvalue weighted by Crippen LogP contribution is -1.99. The molecule has 5 nitrogen and oxygen atoms in total. The fourth-order valence-electron chi connectivity index (χ4n) is 7.37. The van der Waals surface area contributed by atoms with Gasteiger partial charge < -0.3 is 9.13 Å². The molecule has 0 amide bonds. The molecule has 0 unspecified atom stereocenters. The van der Waals surface area contributed by atoms with Crippen molar-refractivity contribution in [1.29, 1.82) is 15.8 Å². The number of aromatic nitrogens is 2. The number of nitrogens with zero attached hydrogens (tertiary/aromatic N) is 5. The van der Waals surface area contributed by atoms with E-state index < -0.39 is 0 Å². The Morgan fingerprint density at radius 2 is 0.920 bits per heavy atom. The molecule has 0 aliphatic heterocycles. The number of benzene rings is 7. The third kappa shape index (κ3) is 4.38. The Morgan fingerprint density at radius 1 is 0.380 bits per heavy atom. The zero-order valence-electron chi connectivity index (χ0n) is 26.7. The summed E-state index contributed by atoms with van der Waals surface area (Å²) in [5.74, 6) is 0. The van der Waals surface area contributed by atoms with Gasteiger partial charge in [0.1, 0.15) is 0 Å². The maximum Gasteiger partial charge on any atom is 0.0998 e. The average molecular weight is 636 g/mol. The fraction of sp³-hybridized carbons (Fsp3) is 0. The van der Waals surface area contributed by atoms with Crippen LogP contribution in [0.15, 0.2) is 152 Å². The van der Waals surface area contributed by atoms with Crippen LogP contribution in [0.3, 0.4) is 0 Å². The normalized spacial score (nSPS) is 11.1. The predicted molar refractivity (Wildman–Crippen MR) is 200 cm³/mol. The van der Waals surface area contributed by atoms with Crippen molar-refractivity contribution in [2.75, 3.05) is 0 Å². The van der Waals surface area contributed by atoms with Gasteiger partial charge in [-0.2, -0.15) is 15.8 Å². The van der Waals surface area contributed by atoms with Crippen molar-refractivity contribution in [3.05, 3.63) is 168 Å². The summed E-state index contributed by atoms with van der Waals surface area (Å²) in [4.78, 5) is 0. The highest BCUT2D eigenvalue weighted by Gasteiger charge is 2.19. The van der Waals surface area contributed by atoms with Gasteiger partial charge in [0.2, 0.25) is 0 Å². The molecule has 7 aromatic carbocycles. The molecule has 5 heteroatoms. The van der Waals surface area contributed by atoms with Gasteiger partial charge in [0, 0.05) is 38.4 Å². The van der Waals surface area contributed by atoms with Crippen molar-refractivity contribution in [1.82, 2.24) is 9.13 Å². The van der Waals surface area contributed by atoms with Gasteiger partial charge in [-0.1, -0.05) is 78.9 Å². The van der Waals surface area contributed by atoms with Crippen molar-refractivity contribution in [2.45, 2.75) is 0 Å². The number of para-hydroxylation sites is 3. The van der Waals surface area contributed by atoms with Crippen LogP contribution in [-0.2, 0) is 0 Å². The minimum absolute atomic E-state index is 0.527. The van der Waals surface area contributed by atoms with E-state index in [4.69, 9.17) is 0 Å². The number of nitriles is 3. The van der Waals surface area contributed by atoms with Gasteiger partial charge in [-0.3, -0.25) is 0 Å². The number of rotatable bonds is 4. The molecule has 0 fully saturated rings. The van der Waals surface area contributed by atoms with E-state index in [-0.39, 0.29) is 0 Å². The highest BCUT2D eigenvalue weighted by Crippen LogP contribution is 2.39. The Hall–Kier alpha value is -7.39. The minimum atomic E-state index is 0.527. The number of hydrogen-bond donors (Lipinski definition) is 0. The van der Waals surface area contributed by atoms with Crippen LogP contribution in [0.1, 0.15) is 16.7 Å². The van der Waals surface area contributed by atoms with Gasteiger partial charge in [0.15, 0.2) is 0 Å². The molecule has 0 spiro atoms. The van der Waals surface area contributed by atoms with Crippen molar-refractivity contribution in [3.8, 4) is 51.8 Å². The summed E-state index contributed by atoms with van der Waals surface area (Å²) in [6.07, 6.45) is 0. The van der Waals surface area contributed by atoms with E-state index in [1.165, 1.54) is 0 Å². The van der Waals surface area contributed by atoms with Crippen LogP contribution in [0, 0.1) is 34.0 Å². The largest absolute Gasteiger partial charge is 0.309 e. The van der Waals surface area contributed by atoms with Crippen LogP contribution in [0.5, 0.6) is 0 Å². The Kier molecular flexibility index (Phi) is 6.56. The third-order valence-corrected chi connectivity index (χ3v) is 9.64. The van der Waals surface area contributed by atoms with Gasteiger partial charge in [-0.05, 0) is 83.9 Å².